The monoisotopic (exact) mass is 249 g/mol. The van der Waals surface area contributed by atoms with Crippen molar-refractivity contribution in [1.29, 1.82) is 0 Å². The van der Waals surface area contributed by atoms with Gasteiger partial charge in [-0.05, 0) is 18.7 Å². The summed E-state index contributed by atoms with van der Waals surface area (Å²) in [5, 5.41) is 12.1. The fraction of sp³-hybridized carbons (Fsp3) is 0.462. The second-order valence-corrected chi connectivity index (χ2v) is 4.40. The van der Waals surface area contributed by atoms with Crippen LogP contribution in [-0.4, -0.2) is 53.7 Å². The number of benzene rings is 1. The molecule has 0 spiro atoms. The maximum absolute atomic E-state index is 12.0. The van der Waals surface area contributed by atoms with E-state index >= 15 is 0 Å². The predicted octanol–water partition coefficient (Wildman–Crippen LogP) is 1.56. The Morgan fingerprint density at radius 1 is 1.33 bits per heavy atom. The van der Waals surface area contributed by atoms with E-state index < -0.39 is 0 Å². The van der Waals surface area contributed by atoms with Gasteiger partial charge in [-0.1, -0.05) is 13.0 Å². The van der Waals surface area contributed by atoms with Crippen molar-refractivity contribution in [3.8, 4) is 5.75 Å². The molecule has 0 unspecified atom stereocenters. The first-order valence-electron chi connectivity index (χ1n) is 6.26. The van der Waals surface area contributed by atoms with E-state index in [2.05, 4.69) is 17.1 Å². The highest BCUT2D eigenvalue weighted by atomic mass is 16.3. The first-order chi connectivity index (χ1) is 8.69. The van der Waals surface area contributed by atoms with E-state index in [1.165, 1.54) is 0 Å². The van der Waals surface area contributed by atoms with Gasteiger partial charge in [0.2, 0.25) is 0 Å². The largest absolute Gasteiger partial charge is 0.508 e. The lowest BCUT2D eigenvalue weighted by Gasteiger charge is -2.33. The molecule has 1 aromatic rings. The van der Waals surface area contributed by atoms with E-state index in [0.717, 1.165) is 32.7 Å². The van der Waals surface area contributed by atoms with Crippen molar-refractivity contribution >= 4 is 11.7 Å². The van der Waals surface area contributed by atoms with Gasteiger partial charge >= 0.3 is 6.03 Å². The molecule has 0 aromatic heterocycles. The number of nitrogens with one attached hydrogen (secondary N) is 1. The van der Waals surface area contributed by atoms with Crippen LogP contribution in [0.5, 0.6) is 5.75 Å². The first kappa shape index (κ1) is 12.7. The molecule has 1 aliphatic rings. The normalized spacial score (nSPS) is 16.6. The highest BCUT2D eigenvalue weighted by Gasteiger charge is 2.19. The van der Waals surface area contributed by atoms with Crippen LogP contribution in [0.2, 0.25) is 0 Å². The lowest BCUT2D eigenvalue weighted by molar-refractivity contribution is 0.151. The molecule has 18 heavy (non-hydrogen) atoms. The Labute approximate surface area is 107 Å². The fourth-order valence-corrected chi connectivity index (χ4v) is 2.05. The number of rotatable bonds is 2. The molecule has 2 rings (SSSR count). The summed E-state index contributed by atoms with van der Waals surface area (Å²) in [6.07, 6.45) is 0. The third-order valence-electron chi connectivity index (χ3n) is 3.20. The van der Waals surface area contributed by atoms with Gasteiger partial charge in [0.1, 0.15) is 5.75 Å². The molecule has 5 nitrogen and oxygen atoms in total. The summed E-state index contributed by atoms with van der Waals surface area (Å²) in [4.78, 5) is 16.1. The Bertz CT molecular complexity index is 414. The average molecular weight is 249 g/mol. The van der Waals surface area contributed by atoms with Crippen molar-refractivity contribution < 1.29 is 9.90 Å². The Balaban J connectivity index is 1.89. The minimum Gasteiger partial charge on any atom is -0.508 e. The zero-order valence-electron chi connectivity index (χ0n) is 10.6. The van der Waals surface area contributed by atoms with E-state index in [1.807, 2.05) is 0 Å². The van der Waals surface area contributed by atoms with Crippen LogP contribution in [-0.2, 0) is 0 Å². The molecular weight excluding hydrogens is 230 g/mol. The number of carbonyl (C=O) groups excluding carboxylic acids is 1. The van der Waals surface area contributed by atoms with Crippen LogP contribution in [0.4, 0.5) is 10.5 Å². The summed E-state index contributed by atoms with van der Waals surface area (Å²) in [5.74, 6) is 0.156. The molecule has 0 bridgehead atoms. The van der Waals surface area contributed by atoms with Crippen LogP contribution in [0.3, 0.4) is 0 Å². The maximum Gasteiger partial charge on any atom is 0.321 e. The topological polar surface area (TPSA) is 55.8 Å². The molecule has 0 saturated carbocycles. The third-order valence-corrected chi connectivity index (χ3v) is 3.20. The van der Waals surface area contributed by atoms with E-state index in [1.54, 1.807) is 29.2 Å². The molecule has 1 fully saturated rings. The number of phenolic OH excluding ortho intramolecular Hbond substituents is 1. The van der Waals surface area contributed by atoms with Gasteiger partial charge in [-0.2, -0.15) is 0 Å². The van der Waals surface area contributed by atoms with Gasteiger partial charge in [-0.3, -0.25) is 0 Å². The number of nitrogens with zero attached hydrogens (tertiary/aromatic N) is 2. The van der Waals surface area contributed by atoms with E-state index in [-0.39, 0.29) is 11.8 Å². The molecule has 5 heteroatoms. The summed E-state index contributed by atoms with van der Waals surface area (Å²) in [6, 6.07) is 6.49. The van der Waals surface area contributed by atoms with Crippen LogP contribution in [0.25, 0.3) is 0 Å². The SMILES string of the molecule is CCN1CCN(C(=O)Nc2cccc(O)c2)CC1. The van der Waals surface area contributed by atoms with Crippen LogP contribution in [0, 0.1) is 0 Å². The molecule has 0 radical (unpaired) electrons. The smallest absolute Gasteiger partial charge is 0.321 e. The molecule has 1 saturated heterocycles. The van der Waals surface area contributed by atoms with Crippen molar-refractivity contribution in [3.05, 3.63) is 24.3 Å². The minimum atomic E-state index is -0.101. The molecular formula is C13H19N3O2. The molecule has 2 N–H and O–H groups in total. The molecule has 98 valence electrons. The van der Waals surface area contributed by atoms with Crippen molar-refractivity contribution in [2.45, 2.75) is 6.92 Å². The molecule has 0 atom stereocenters. The Morgan fingerprint density at radius 2 is 2.06 bits per heavy atom. The molecule has 2 amide bonds. The van der Waals surface area contributed by atoms with Gasteiger partial charge < -0.3 is 20.2 Å². The number of likely N-dealkylation sites (N-methyl/N-ethyl adjacent to an activating group) is 1. The summed E-state index contributed by atoms with van der Waals surface area (Å²) in [6.45, 7) is 6.50. The number of hydrogen-bond donors (Lipinski definition) is 2. The molecule has 1 heterocycles. The second kappa shape index (κ2) is 5.73. The minimum absolute atomic E-state index is 0.101. The number of carbonyl (C=O) groups is 1. The van der Waals surface area contributed by atoms with E-state index in [0.29, 0.717) is 5.69 Å². The van der Waals surface area contributed by atoms with Gasteiger partial charge in [-0.25, -0.2) is 4.79 Å². The number of hydrogen-bond acceptors (Lipinski definition) is 3. The van der Waals surface area contributed by atoms with Crippen LogP contribution >= 0.6 is 0 Å². The van der Waals surface area contributed by atoms with E-state index in [9.17, 15) is 9.90 Å². The number of amides is 2. The maximum atomic E-state index is 12.0. The Hall–Kier alpha value is -1.75. The van der Waals surface area contributed by atoms with Crippen LogP contribution in [0.15, 0.2) is 24.3 Å². The van der Waals surface area contributed by atoms with Gasteiger partial charge in [0.05, 0.1) is 0 Å². The Morgan fingerprint density at radius 3 is 2.67 bits per heavy atom. The van der Waals surface area contributed by atoms with E-state index in [4.69, 9.17) is 0 Å². The number of anilines is 1. The number of piperazine rings is 1. The lowest BCUT2D eigenvalue weighted by atomic mass is 10.3. The molecule has 1 aromatic carbocycles. The fourth-order valence-electron chi connectivity index (χ4n) is 2.05. The highest BCUT2D eigenvalue weighted by Crippen LogP contribution is 2.16. The molecule has 0 aliphatic carbocycles. The highest BCUT2D eigenvalue weighted by molar-refractivity contribution is 5.89. The molecule has 1 aliphatic heterocycles. The quantitative estimate of drug-likeness (QED) is 0.836. The Kier molecular flexibility index (Phi) is 4.04. The average Bonchev–Trinajstić information content (AvgIpc) is 2.39. The van der Waals surface area contributed by atoms with Gasteiger partial charge in [0.25, 0.3) is 0 Å². The first-order valence-corrected chi connectivity index (χ1v) is 6.26. The number of phenols is 1. The predicted molar refractivity (Wildman–Crippen MR) is 70.8 cm³/mol. The summed E-state index contributed by atoms with van der Waals surface area (Å²) in [5.41, 5.74) is 0.623. The zero-order chi connectivity index (χ0) is 13.0. The van der Waals surface area contributed by atoms with Crippen LogP contribution < -0.4 is 5.32 Å². The second-order valence-electron chi connectivity index (χ2n) is 4.40. The van der Waals surface area contributed by atoms with Crippen molar-refractivity contribution in [2.75, 3.05) is 38.0 Å². The van der Waals surface area contributed by atoms with Gasteiger partial charge in [0, 0.05) is 37.9 Å². The van der Waals surface area contributed by atoms with Crippen molar-refractivity contribution in [1.82, 2.24) is 9.80 Å². The van der Waals surface area contributed by atoms with Crippen molar-refractivity contribution in [3.63, 3.8) is 0 Å². The lowest BCUT2D eigenvalue weighted by Crippen LogP contribution is -2.49. The number of aromatic hydroxyl groups is 1. The third kappa shape index (κ3) is 3.13. The standard InChI is InChI=1S/C13H19N3O2/c1-2-15-6-8-16(9-7-15)13(18)14-11-4-3-5-12(17)10-11/h3-5,10,17H,2,6-9H2,1H3,(H,14,18). The number of urea groups is 1. The van der Waals surface area contributed by atoms with Crippen molar-refractivity contribution in [2.24, 2.45) is 0 Å². The van der Waals surface area contributed by atoms with Gasteiger partial charge in [0.15, 0.2) is 0 Å². The zero-order valence-corrected chi connectivity index (χ0v) is 10.6. The summed E-state index contributed by atoms with van der Waals surface area (Å²) >= 11 is 0. The van der Waals surface area contributed by atoms with Crippen LogP contribution in [0.1, 0.15) is 6.92 Å². The van der Waals surface area contributed by atoms with Gasteiger partial charge in [-0.15, -0.1) is 0 Å². The summed E-state index contributed by atoms with van der Waals surface area (Å²) in [7, 11) is 0. The summed E-state index contributed by atoms with van der Waals surface area (Å²) < 4.78 is 0.